The first-order chi connectivity index (χ1) is 9.58. The van der Waals surface area contributed by atoms with Gasteiger partial charge in [0.1, 0.15) is 5.41 Å². The van der Waals surface area contributed by atoms with Crippen LogP contribution in [0.3, 0.4) is 0 Å². The lowest BCUT2D eigenvalue weighted by Crippen LogP contribution is -2.53. The van der Waals surface area contributed by atoms with Crippen LogP contribution in [0.15, 0.2) is 5.16 Å². The highest BCUT2D eigenvalue weighted by Gasteiger charge is 2.47. The Morgan fingerprint density at radius 2 is 2.00 bits per heavy atom. The molecule has 0 aromatic carbocycles. The Morgan fingerprint density at radius 1 is 1.35 bits per heavy atom. The standard InChI is InChI=1S/C14H25N3O3/c1-2-3-13(4-5-13)10-16-12(18)14(11(15)17-19)6-8-20-9-7-14/h19H,2-10H2,1H3,(H2,15,17)(H,16,18). The molecule has 1 saturated heterocycles. The summed E-state index contributed by atoms with van der Waals surface area (Å²) in [5.74, 6) is -0.128. The predicted molar refractivity (Wildman–Crippen MR) is 75.5 cm³/mol. The molecular weight excluding hydrogens is 258 g/mol. The van der Waals surface area contributed by atoms with E-state index in [1.54, 1.807) is 0 Å². The van der Waals surface area contributed by atoms with E-state index in [1.807, 2.05) is 0 Å². The maximum atomic E-state index is 12.6. The summed E-state index contributed by atoms with van der Waals surface area (Å²) in [4.78, 5) is 12.6. The lowest BCUT2D eigenvalue weighted by molar-refractivity contribution is -0.131. The zero-order valence-corrected chi connectivity index (χ0v) is 12.2. The number of hydrogen-bond acceptors (Lipinski definition) is 4. The fourth-order valence-electron chi connectivity index (χ4n) is 3.07. The van der Waals surface area contributed by atoms with Crippen molar-refractivity contribution in [2.75, 3.05) is 19.8 Å². The minimum atomic E-state index is -0.907. The van der Waals surface area contributed by atoms with Crippen molar-refractivity contribution < 1.29 is 14.7 Å². The lowest BCUT2D eigenvalue weighted by Gasteiger charge is -2.34. The SMILES string of the molecule is CCCC1(CNC(=O)C2(C(N)=NO)CCOCC2)CC1. The van der Waals surface area contributed by atoms with Gasteiger partial charge in [-0.05, 0) is 37.5 Å². The average Bonchev–Trinajstić information content (AvgIpc) is 3.25. The van der Waals surface area contributed by atoms with Gasteiger partial charge in [-0.15, -0.1) is 0 Å². The van der Waals surface area contributed by atoms with Gasteiger partial charge in [0.25, 0.3) is 0 Å². The van der Waals surface area contributed by atoms with Crippen LogP contribution in [0, 0.1) is 10.8 Å². The maximum absolute atomic E-state index is 12.6. The van der Waals surface area contributed by atoms with Crippen molar-refractivity contribution in [2.45, 2.75) is 45.4 Å². The second-order valence-electron chi connectivity index (χ2n) is 6.11. The van der Waals surface area contributed by atoms with E-state index in [2.05, 4.69) is 17.4 Å². The van der Waals surface area contributed by atoms with Gasteiger partial charge in [0.15, 0.2) is 5.84 Å². The number of amidine groups is 1. The highest BCUT2D eigenvalue weighted by Crippen LogP contribution is 2.49. The number of carbonyl (C=O) groups is 1. The van der Waals surface area contributed by atoms with Crippen LogP contribution >= 0.6 is 0 Å². The zero-order chi connectivity index (χ0) is 14.6. The zero-order valence-electron chi connectivity index (χ0n) is 12.2. The summed E-state index contributed by atoms with van der Waals surface area (Å²) in [6.07, 6.45) is 5.58. The van der Waals surface area contributed by atoms with E-state index in [0.29, 0.717) is 38.0 Å². The first-order valence-corrected chi connectivity index (χ1v) is 7.43. The molecule has 0 bridgehead atoms. The number of carbonyl (C=O) groups excluding carboxylic acids is 1. The summed E-state index contributed by atoms with van der Waals surface area (Å²) >= 11 is 0. The molecule has 20 heavy (non-hydrogen) atoms. The highest BCUT2D eigenvalue weighted by molar-refractivity contribution is 6.06. The van der Waals surface area contributed by atoms with Crippen LogP contribution in [0.1, 0.15) is 45.4 Å². The molecule has 1 aliphatic heterocycles. The second kappa shape index (κ2) is 5.99. The van der Waals surface area contributed by atoms with E-state index >= 15 is 0 Å². The van der Waals surface area contributed by atoms with E-state index in [0.717, 1.165) is 12.8 Å². The molecule has 2 rings (SSSR count). The largest absolute Gasteiger partial charge is 0.409 e. The van der Waals surface area contributed by atoms with Gasteiger partial charge in [0.2, 0.25) is 5.91 Å². The number of oxime groups is 1. The van der Waals surface area contributed by atoms with Gasteiger partial charge in [0.05, 0.1) is 0 Å². The third kappa shape index (κ3) is 2.90. The van der Waals surface area contributed by atoms with E-state index in [-0.39, 0.29) is 11.7 Å². The summed E-state index contributed by atoms with van der Waals surface area (Å²) in [6.45, 7) is 3.78. The molecule has 0 spiro atoms. The van der Waals surface area contributed by atoms with Crippen LogP contribution in [-0.2, 0) is 9.53 Å². The number of hydrogen-bond donors (Lipinski definition) is 3. The number of ether oxygens (including phenoxy) is 1. The van der Waals surface area contributed by atoms with Crippen LogP contribution in [0.2, 0.25) is 0 Å². The van der Waals surface area contributed by atoms with Gasteiger partial charge in [-0.2, -0.15) is 0 Å². The number of amides is 1. The van der Waals surface area contributed by atoms with Crippen molar-refractivity contribution in [3.8, 4) is 0 Å². The minimum Gasteiger partial charge on any atom is -0.409 e. The number of nitrogens with one attached hydrogen (secondary N) is 1. The average molecular weight is 283 g/mol. The molecule has 0 aromatic rings. The Hall–Kier alpha value is -1.30. The number of nitrogens with two attached hydrogens (primary N) is 1. The molecule has 0 atom stereocenters. The fourth-order valence-corrected chi connectivity index (χ4v) is 3.07. The van der Waals surface area contributed by atoms with Crippen LogP contribution < -0.4 is 11.1 Å². The minimum absolute atomic E-state index is 0.00126. The van der Waals surface area contributed by atoms with Crippen molar-refractivity contribution in [1.82, 2.24) is 5.32 Å². The summed E-state index contributed by atoms with van der Waals surface area (Å²) in [6, 6.07) is 0. The van der Waals surface area contributed by atoms with Gasteiger partial charge < -0.3 is 21.0 Å². The van der Waals surface area contributed by atoms with E-state index in [9.17, 15) is 4.79 Å². The molecule has 6 nitrogen and oxygen atoms in total. The molecule has 114 valence electrons. The van der Waals surface area contributed by atoms with Crippen LogP contribution in [0.25, 0.3) is 0 Å². The number of nitrogens with zero attached hydrogens (tertiary/aromatic N) is 1. The molecule has 2 aliphatic rings. The van der Waals surface area contributed by atoms with Gasteiger partial charge in [-0.1, -0.05) is 18.5 Å². The topological polar surface area (TPSA) is 96.9 Å². The van der Waals surface area contributed by atoms with E-state index < -0.39 is 5.41 Å². The van der Waals surface area contributed by atoms with Crippen molar-refractivity contribution in [2.24, 2.45) is 21.7 Å². The quantitative estimate of drug-likeness (QED) is 0.295. The lowest BCUT2D eigenvalue weighted by atomic mass is 9.78. The molecule has 4 N–H and O–H groups in total. The van der Waals surface area contributed by atoms with Crippen molar-refractivity contribution >= 4 is 11.7 Å². The predicted octanol–water partition coefficient (Wildman–Crippen LogP) is 1.23. The summed E-state index contributed by atoms with van der Waals surface area (Å²) in [7, 11) is 0. The molecule has 1 amide bonds. The molecule has 0 unspecified atom stereocenters. The molecule has 6 heteroatoms. The third-order valence-electron chi connectivity index (χ3n) is 4.74. The molecule has 1 heterocycles. The molecule has 2 fully saturated rings. The molecule has 1 aliphatic carbocycles. The second-order valence-corrected chi connectivity index (χ2v) is 6.11. The van der Waals surface area contributed by atoms with Gasteiger partial charge in [-0.25, -0.2) is 0 Å². The molecule has 0 radical (unpaired) electrons. The summed E-state index contributed by atoms with van der Waals surface area (Å²) in [5.41, 5.74) is 5.17. The normalized spacial score (nSPS) is 24.1. The highest BCUT2D eigenvalue weighted by atomic mass is 16.5. The summed E-state index contributed by atoms with van der Waals surface area (Å²) in [5, 5.41) is 15.1. The van der Waals surface area contributed by atoms with Gasteiger partial charge >= 0.3 is 0 Å². The summed E-state index contributed by atoms with van der Waals surface area (Å²) < 4.78 is 5.29. The van der Waals surface area contributed by atoms with Crippen molar-refractivity contribution in [3.63, 3.8) is 0 Å². The number of rotatable bonds is 6. The fraction of sp³-hybridized carbons (Fsp3) is 0.857. The first kappa shape index (κ1) is 15.1. The van der Waals surface area contributed by atoms with Gasteiger partial charge in [-0.3, -0.25) is 4.79 Å². The Labute approximate surface area is 119 Å². The Bertz CT molecular complexity index is 385. The molecular formula is C14H25N3O3. The van der Waals surface area contributed by atoms with Crippen LogP contribution in [0.4, 0.5) is 0 Å². The Kier molecular flexibility index (Phi) is 4.52. The van der Waals surface area contributed by atoms with Crippen molar-refractivity contribution in [3.05, 3.63) is 0 Å². The van der Waals surface area contributed by atoms with Crippen molar-refractivity contribution in [1.29, 1.82) is 0 Å². The smallest absolute Gasteiger partial charge is 0.234 e. The van der Waals surface area contributed by atoms with E-state index in [4.69, 9.17) is 15.7 Å². The van der Waals surface area contributed by atoms with Crippen LogP contribution in [0.5, 0.6) is 0 Å². The molecule has 0 aromatic heterocycles. The monoisotopic (exact) mass is 283 g/mol. The third-order valence-corrected chi connectivity index (χ3v) is 4.74. The van der Waals surface area contributed by atoms with Crippen LogP contribution in [-0.4, -0.2) is 36.7 Å². The Balaban J connectivity index is 2.00. The first-order valence-electron chi connectivity index (χ1n) is 7.43. The molecule has 1 saturated carbocycles. The maximum Gasteiger partial charge on any atom is 0.234 e. The Morgan fingerprint density at radius 3 is 2.50 bits per heavy atom. The van der Waals surface area contributed by atoms with E-state index in [1.165, 1.54) is 12.8 Å². The van der Waals surface area contributed by atoms with Gasteiger partial charge in [0, 0.05) is 19.8 Å².